The fourth-order valence-electron chi connectivity index (χ4n) is 2.70. The molecule has 3 nitrogen and oxygen atoms in total. The third-order valence-corrected chi connectivity index (χ3v) is 3.71. The van der Waals surface area contributed by atoms with Gasteiger partial charge in [0, 0.05) is 24.8 Å². The van der Waals surface area contributed by atoms with Gasteiger partial charge in [-0.1, -0.05) is 18.2 Å². The van der Waals surface area contributed by atoms with Crippen molar-refractivity contribution in [2.45, 2.75) is 38.6 Å². The number of aryl methyl sites for hydroxylation is 1. The predicted octanol–water partition coefficient (Wildman–Crippen LogP) is 2.37. The minimum Gasteiger partial charge on any atom is -0.396 e. The first-order chi connectivity index (χ1) is 8.74. The van der Waals surface area contributed by atoms with Crippen LogP contribution in [-0.4, -0.2) is 35.1 Å². The van der Waals surface area contributed by atoms with E-state index in [-0.39, 0.29) is 12.5 Å². The van der Waals surface area contributed by atoms with E-state index in [9.17, 15) is 4.79 Å². The minimum absolute atomic E-state index is 0.147. The monoisotopic (exact) mass is 247 g/mol. The Bertz CT molecular complexity index is 417. The molecule has 0 spiro atoms. The van der Waals surface area contributed by atoms with Crippen molar-refractivity contribution in [3.8, 4) is 0 Å². The molecule has 1 amide bonds. The van der Waals surface area contributed by atoms with Gasteiger partial charge in [0.25, 0.3) is 5.91 Å². The molecule has 0 radical (unpaired) electrons. The molecular weight excluding hydrogens is 226 g/mol. The number of likely N-dealkylation sites (tertiary alicyclic amines) is 1. The van der Waals surface area contributed by atoms with Gasteiger partial charge in [-0.2, -0.15) is 0 Å². The molecule has 98 valence electrons. The van der Waals surface area contributed by atoms with Crippen molar-refractivity contribution in [1.29, 1.82) is 0 Å². The Morgan fingerprint density at radius 1 is 1.44 bits per heavy atom. The Labute approximate surface area is 108 Å². The summed E-state index contributed by atoms with van der Waals surface area (Å²) in [5.74, 6) is 0.147. The molecule has 1 saturated heterocycles. The van der Waals surface area contributed by atoms with E-state index in [1.165, 1.54) is 0 Å². The van der Waals surface area contributed by atoms with Gasteiger partial charge < -0.3 is 10.0 Å². The lowest BCUT2D eigenvalue weighted by molar-refractivity contribution is 0.0723. The van der Waals surface area contributed by atoms with Crippen LogP contribution in [0.25, 0.3) is 0 Å². The van der Waals surface area contributed by atoms with Gasteiger partial charge in [0.15, 0.2) is 0 Å². The number of rotatable bonds is 4. The van der Waals surface area contributed by atoms with Gasteiger partial charge in [-0.15, -0.1) is 0 Å². The Balaban J connectivity index is 2.10. The molecule has 1 fully saturated rings. The highest BCUT2D eigenvalue weighted by Crippen LogP contribution is 2.24. The molecule has 1 unspecified atom stereocenters. The summed E-state index contributed by atoms with van der Waals surface area (Å²) in [6, 6.07) is 8.06. The van der Waals surface area contributed by atoms with Crippen LogP contribution in [0, 0.1) is 6.92 Å². The summed E-state index contributed by atoms with van der Waals surface area (Å²) in [7, 11) is 0. The van der Waals surface area contributed by atoms with Crippen LogP contribution >= 0.6 is 0 Å². The first-order valence-electron chi connectivity index (χ1n) is 6.71. The zero-order chi connectivity index (χ0) is 13.0. The SMILES string of the molecule is Cc1ccccc1C(=O)N1CCCC1CCCO. The summed E-state index contributed by atoms with van der Waals surface area (Å²) < 4.78 is 0. The molecular formula is C15H21NO2. The number of nitrogens with zero attached hydrogens (tertiary/aromatic N) is 1. The summed E-state index contributed by atoms with van der Waals surface area (Å²) in [4.78, 5) is 14.5. The lowest BCUT2D eigenvalue weighted by Gasteiger charge is -2.25. The number of aliphatic hydroxyl groups is 1. The third kappa shape index (κ3) is 2.72. The van der Waals surface area contributed by atoms with Crippen molar-refractivity contribution < 1.29 is 9.90 Å². The maximum Gasteiger partial charge on any atom is 0.254 e. The smallest absolute Gasteiger partial charge is 0.254 e. The fraction of sp³-hybridized carbons (Fsp3) is 0.533. The average Bonchev–Trinajstić information content (AvgIpc) is 2.84. The molecule has 1 aliphatic rings. The van der Waals surface area contributed by atoms with E-state index >= 15 is 0 Å². The van der Waals surface area contributed by atoms with Crippen LogP contribution in [0.5, 0.6) is 0 Å². The quantitative estimate of drug-likeness (QED) is 0.887. The number of hydrogen-bond donors (Lipinski definition) is 1. The van der Waals surface area contributed by atoms with Crippen LogP contribution in [0.4, 0.5) is 0 Å². The lowest BCUT2D eigenvalue weighted by atomic mass is 10.1. The molecule has 1 heterocycles. The van der Waals surface area contributed by atoms with E-state index in [1.807, 2.05) is 36.1 Å². The van der Waals surface area contributed by atoms with Gasteiger partial charge in [-0.25, -0.2) is 0 Å². The van der Waals surface area contributed by atoms with Gasteiger partial charge in [0.1, 0.15) is 0 Å². The van der Waals surface area contributed by atoms with Crippen molar-refractivity contribution >= 4 is 5.91 Å². The molecule has 1 aromatic carbocycles. The Kier molecular flexibility index (Phi) is 4.37. The lowest BCUT2D eigenvalue weighted by Crippen LogP contribution is -2.36. The summed E-state index contributed by atoms with van der Waals surface area (Å²) in [5.41, 5.74) is 1.85. The third-order valence-electron chi connectivity index (χ3n) is 3.71. The van der Waals surface area contributed by atoms with Crippen molar-refractivity contribution in [3.05, 3.63) is 35.4 Å². The van der Waals surface area contributed by atoms with Crippen molar-refractivity contribution in [2.24, 2.45) is 0 Å². The zero-order valence-electron chi connectivity index (χ0n) is 10.9. The summed E-state index contributed by atoms with van der Waals surface area (Å²) in [5, 5.41) is 8.91. The van der Waals surface area contributed by atoms with Crippen molar-refractivity contribution in [1.82, 2.24) is 4.90 Å². The molecule has 0 bridgehead atoms. The highest BCUT2D eigenvalue weighted by Gasteiger charge is 2.29. The second-order valence-electron chi connectivity index (χ2n) is 4.98. The van der Waals surface area contributed by atoms with Crippen LogP contribution in [0.3, 0.4) is 0 Å². The summed E-state index contributed by atoms with van der Waals surface area (Å²) >= 11 is 0. The van der Waals surface area contributed by atoms with Crippen LogP contribution < -0.4 is 0 Å². The molecule has 18 heavy (non-hydrogen) atoms. The fourth-order valence-corrected chi connectivity index (χ4v) is 2.70. The van der Waals surface area contributed by atoms with E-state index in [0.29, 0.717) is 6.04 Å². The molecule has 3 heteroatoms. The van der Waals surface area contributed by atoms with Gasteiger partial charge >= 0.3 is 0 Å². The van der Waals surface area contributed by atoms with Crippen LogP contribution in [0.1, 0.15) is 41.6 Å². The molecule has 2 rings (SSSR count). The first-order valence-corrected chi connectivity index (χ1v) is 6.71. The Morgan fingerprint density at radius 2 is 2.22 bits per heavy atom. The van der Waals surface area contributed by atoms with Crippen LogP contribution in [-0.2, 0) is 0 Å². The van der Waals surface area contributed by atoms with E-state index < -0.39 is 0 Å². The number of amides is 1. The van der Waals surface area contributed by atoms with E-state index in [2.05, 4.69) is 0 Å². The van der Waals surface area contributed by atoms with Crippen molar-refractivity contribution in [3.63, 3.8) is 0 Å². The number of carbonyl (C=O) groups is 1. The Hall–Kier alpha value is -1.35. The normalized spacial score (nSPS) is 19.2. The van der Waals surface area contributed by atoms with E-state index in [1.54, 1.807) is 0 Å². The van der Waals surface area contributed by atoms with E-state index in [4.69, 9.17) is 5.11 Å². The van der Waals surface area contributed by atoms with Gasteiger partial charge in [-0.3, -0.25) is 4.79 Å². The number of carbonyl (C=O) groups excluding carboxylic acids is 1. The number of aliphatic hydroxyl groups excluding tert-OH is 1. The van der Waals surface area contributed by atoms with Crippen molar-refractivity contribution in [2.75, 3.05) is 13.2 Å². The molecule has 1 aromatic rings. The Morgan fingerprint density at radius 3 is 2.94 bits per heavy atom. The average molecular weight is 247 g/mol. The molecule has 0 saturated carbocycles. The first kappa shape index (κ1) is 13.1. The van der Waals surface area contributed by atoms with Crippen LogP contribution in [0.15, 0.2) is 24.3 Å². The number of benzene rings is 1. The zero-order valence-corrected chi connectivity index (χ0v) is 10.9. The molecule has 1 N–H and O–H groups in total. The number of hydrogen-bond acceptors (Lipinski definition) is 2. The highest BCUT2D eigenvalue weighted by atomic mass is 16.3. The predicted molar refractivity (Wildman–Crippen MR) is 71.6 cm³/mol. The molecule has 1 atom stereocenters. The second kappa shape index (κ2) is 6.01. The highest BCUT2D eigenvalue weighted by molar-refractivity contribution is 5.96. The summed E-state index contributed by atoms with van der Waals surface area (Å²) in [6.07, 6.45) is 3.83. The topological polar surface area (TPSA) is 40.5 Å². The molecule has 1 aliphatic heterocycles. The maximum absolute atomic E-state index is 12.5. The van der Waals surface area contributed by atoms with Gasteiger partial charge in [-0.05, 0) is 44.2 Å². The van der Waals surface area contributed by atoms with Crippen LogP contribution in [0.2, 0.25) is 0 Å². The summed E-state index contributed by atoms with van der Waals surface area (Å²) in [6.45, 7) is 3.04. The largest absolute Gasteiger partial charge is 0.396 e. The standard InChI is InChI=1S/C15H21NO2/c1-12-6-2-3-9-14(12)15(18)16-10-4-7-13(16)8-5-11-17/h2-3,6,9,13,17H,4-5,7-8,10-11H2,1H3. The van der Waals surface area contributed by atoms with E-state index in [0.717, 1.165) is 43.4 Å². The second-order valence-corrected chi connectivity index (χ2v) is 4.98. The van der Waals surface area contributed by atoms with Gasteiger partial charge in [0.2, 0.25) is 0 Å². The molecule has 0 aliphatic carbocycles. The maximum atomic E-state index is 12.5. The molecule has 0 aromatic heterocycles. The van der Waals surface area contributed by atoms with Gasteiger partial charge in [0.05, 0.1) is 0 Å². The minimum atomic E-state index is 0.147.